The predicted molar refractivity (Wildman–Crippen MR) is 73.7 cm³/mol. The number of anilines is 3. The van der Waals surface area contributed by atoms with Gasteiger partial charge in [-0.15, -0.1) is 0 Å². The third kappa shape index (κ3) is 1.96. The SMILES string of the molecule is Nc1cncc(Nc2cccc3cnccc23)c1. The highest BCUT2D eigenvalue weighted by atomic mass is 14.9. The highest BCUT2D eigenvalue weighted by molar-refractivity contribution is 5.94. The van der Waals surface area contributed by atoms with Crippen LogP contribution in [0.15, 0.2) is 55.1 Å². The third-order valence-electron chi connectivity index (χ3n) is 2.72. The number of benzene rings is 1. The van der Waals surface area contributed by atoms with Crippen molar-refractivity contribution < 1.29 is 0 Å². The Hall–Kier alpha value is -2.62. The number of hydrogen-bond acceptors (Lipinski definition) is 4. The molecule has 0 aliphatic rings. The van der Waals surface area contributed by atoms with Crippen LogP contribution in [-0.2, 0) is 0 Å². The molecule has 2 aromatic heterocycles. The number of nitrogen functional groups attached to an aromatic ring is 1. The van der Waals surface area contributed by atoms with Gasteiger partial charge in [-0.2, -0.15) is 0 Å². The summed E-state index contributed by atoms with van der Waals surface area (Å²) >= 11 is 0. The summed E-state index contributed by atoms with van der Waals surface area (Å²) in [6, 6.07) is 9.88. The highest BCUT2D eigenvalue weighted by Crippen LogP contribution is 2.25. The fraction of sp³-hybridized carbons (Fsp3) is 0. The van der Waals surface area contributed by atoms with Gasteiger partial charge >= 0.3 is 0 Å². The van der Waals surface area contributed by atoms with Crippen molar-refractivity contribution in [3.63, 3.8) is 0 Å². The van der Waals surface area contributed by atoms with Crippen molar-refractivity contribution in [1.82, 2.24) is 9.97 Å². The van der Waals surface area contributed by atoms with Crippen molar-refractivity contribution in [1.29, 1.82) is 0 Å². The summed E-state index contributed by atoms with van der Waals surface area (Å²) < 4.78 is 0. The van der Waals surface area contributed by atoms with E-state index in [4.69, 9.17) is 5.73 Å². The first-order chi connectivity index (χ1) is 8.83. The molecule has 18 heavy (non-hydrogen) atoms. The fourth-order valence-corrected chi connectivity index (χ4v) is 1.91. The van der Waals surface area contributed by atoms with Gasteiger partial charge in [0.2, 0.25) is 0 Å². The normalized spacial score (nSPS) is 10.4. The van der Waals surface area contributed by atoms with Crippen LogP contribution in [0.5, 0.6) is 0 Å². The Labute approximate surface area is 104 Å². The van der Waals surface area contributed by atoms with E-state index in [1.807, 2.05) is 36.5 Å². The molecule has 0 aliphatic carbocycles. The molecule has 88 valence electrons. The lowest BCUT2D eigenvalue weighted by atomic mass is 10.1. The van der Waals surface area contributed by atoms with E-state index in [9.17, 15) is 0 Å². The Morgan fingerprint density at radius 3 is 2.83 bits per heavy atom. The van der Waals surface area contributed by atoms with Crippen molar-refractivity contribution in [3.05, 3.63) is 55.1 Å². The Morgan fingerprint density at radius 1 is 1.00 bits per heavy atom. The molecule has 0 radical (unpaired) electrons. The number of nitrogens with one attached hydrogen (secondary N) is 1. The van der Waals surface area contributed by atoms with Crippen LogP contribution in [0.4, 0.5) is 17.1 Å². The molecule has 0 atom stereocenters. The summed E-state index contributed by atoms with van der Waals surface area (Å²) in [6.45, 7) is 0. The number of fused-ring (bicyclic) bond motifs is 1. The Balaban J connectivity index is 2.05. The van der Waals surface area contributed by atoms with Gasteiger partial charge in [0.1, 0.15) is 0 Å². The van der Waals surface area contributed by atoms with E-state index in [0.717, 1.165) is 22.1 Å². The maximum atomic E-state index is 5.71. The van der Waals surface area contributed by atoms with Gasteiger partial charge in [0.15, 0.2) is 0 Å². The number of nitrogens with zero attached hydrogens (tertiary/aromatic N) is 2. The van der Waals surface area contributed by atoms with E-state index in [1.165, 1.54) is 0 Å². The zero-order valence-corrected chi connectivity index (χ0v) is 9.67. The molecule has 0 unspecified atom stereocenters. The third-order valence-corrected chi connectivity index (χ3v) is 2.72. The lowest BCUT2D eigenvalue weighted by Crippen LogP contribution is -1.94. The number of hydrogen-bond donors (Lipinski definition) is 2. The van der Waals surface area contributed by atoms with Crippen molar-refractivity contribution >= 4 is 27.8 Å². The zero-order valence-electron chi connectivity index (χ0n) is 9.67. The van der Waals surface area contributed by atoms with Gasteiger partial charge in [0.25, 0.3) is 0 Å². The summed E-state index contributed by atoms with van der Waals surface area (Å²) in [5.74, 6) is 0. The van der Waals surface area contributed by atoms with E-state index in [1.54, 1.807) is 18.6 Å². The van der Waals surface area contributed by atoms with Crippen LogP contribution in [0, 0.1) is 0 Å². The van der Waals surface area contributed by atoms with Crippen LogP contribution in [0.25, 0.3) is 10.8 Å². The maximum Gasteiger partial charge on any atom is 0.0591 e. The number of pyridine rings is 2. The van der Waals surface area contributed by atoms with Gasteiger partial charge < -0.3 is 11.1 Å². The van der Waals surface area contributed by atoms with Crippen molar-refractivity contribution in [2.24, 2.45) is 0 Å². The van der Waals surface area contributed by atoms with Crippen LogP contribution in [0.1, 0.15) is 0 Å². The predicted octanol–water partition coefficient (Wildman–Crippen LogP) is 2.96. The smallest absolute Gasteiger partial charge is 0.0591 e. The first-order valence-corrected chi connectivity index (χ1v) is 5.63. The van der Waals surface area contributed by atoms with Crippen LogP contribution >= 0.6 is 0 Å². The van der Waals surface area contributed by atoms with Crippen molar-refractivity contribution in [2.45, 2.75) is 0 Å². The summed E-state index contributed by atoms with van der Waals surface area (Å²) in [5, 5.41) is 5.53. The van der Waals surface area contributed by atoms with Gasteiger partial charge in [-0.05, 0) is 18.2 Å². The zero-order chi connectivity index (χ0) is 12.4. The lowest BCUT2D eigenvalue weighted by Gasteiger charge is -2.09. The molecule has 2 heterocycles. The van der Waals surface area contributed by atoms with E-state index < -0.39 is 0 Å². The Bertz CT molecular complexity index is 689. The lowest BCUT2D eigenvalue weighted by molar-refractivity contribution is 1.32. The average molecular weight is 236 g/mol. The molecule has 0 bridgehead atoms. The monoisotopic (exact) mass is 236 g/mol. The van der Waals surface area contributed by atoms with Crippen LogP contribution in [-0.4, -0.2) is 9.97 Å². The maximum absolute atomic E-state index is 5.71. The summed E-state index contributed by atoms with van der Waals surface area (Å²) in [7, 11) is 0. The quantitative estimate of drug-likeness (QED) is 0.718. The average Bonchev–Trinajstić information content (AvgIpc) is 2.39. The molecule has 0 saturated carbocycles. The molecule has 3 rings (SSSR count). The van der Waals surface area contributed by atoms with Gasteiger partial charge in [0.05, 0.1) is 17.6 Å². The largest absolute Gasteiger partial charge is 0.397 e. The minimum atomic E-state index is 0.641. The van der Waals surface area contributed by atoms with Crippen molar-refractivity contribution in [2.75, 3.05) is 11.1 Å². The van der Waals surface area contributed by atoms with Gasteiger partial charge in [-0.25, -0.2) is 0 Å². The van der Waals surface area contributed by atoms with Crippen LogP contribution in [0.2, 0.25) is 0 Å². The molecule has 0 aliphatic heterocycles. The molecule has 0 spiro atoms. The van der Waals surface area contributed by atoms with E-state index in [2.05, 4.69) is 15.3 Å². The summed E-state index contributed by atoms with van der Waals surface area (Å²) in [5.41, 5.74) is 8.24. The van der Waals surface area contributed by atoms with E-state index in [-0.39, 0.29) is 0 Å². The molecular weight excluding hydrogens is 224 g/mol. The molecule has 3 N–H and O–H groups in total. The Morgan fingerprint density at radius 2 is 1.94 bits per heavy atom. The Kier molecular flexibility index (Phi) is 2.53. The van der Waals surface area contributed by atoms with Gasteiger partial charge in [0, 0.05) is 35.1 Å². The molecule has 0 fully saturated rings. The van der Waals surface area contributed by atoms with Gasteiger partial charge in [-0.3, -0.25) is 9.97 Å². The first-order valence-electron chi connectivity index (χ1n) is 5.63. The summed E-state index contributed by atoms with van der Waals surface area (Å²) in [4.78, 5) is 8.18. The molecule has 4 nitrogen and oxygen atoms in total. The first kappa shape index (κ1) is 10.5. The topological polar surface area (TPSA) is 63.8 Å². The van der Waals surface area contributed by atoms with Crippen LogP contribution < -0.4 is 11.1 Å². The van der Waals surface area contributed by atoms with E-state index in [0.29, 0.717) is 5.69 Å². The van der Waals surface area contributed by atoms with Crippen LogP contribution in [0.3, 0.4) is 0 Å². The second-order valence-corrected chi connectivity index (χ2v) is 4.03. The molecule has 0 saturated heterocycles. The number of aromatic nitrogens is 2. The number of rotatable bonds is 2. The second-order valence-electron chi connectivity index (χ2n) is 4.03. The second kappa shape index (κ2) is 4.33. The molecular formula is C14H12N4. The van der Waals surface area contributed by atoms with E-state index >= 15 is 0 Å². The standard InChI is InChI=1S/C14H12N4/c15-11-6-12(9-17-8-11)18-14-3-1-2-10-7-16-5-4-13(10)14/h1-9,18H,15H2. The van der Waals surface area contributed by atoms with Crippen molar-refractivity contribution in [3.8, 4) is 0 Å². The number of nitrogens with two attached hydrogens (primary N) is 1. The molecule has 4 heteroatoms. The summed E-state index contributed by atoms with van der Waals surface area (Å²) in [6.07, 6.45) is 7.00. The minimum Gasteiger partial charge on any atom is -0.397 e. The molecule has 1 aromatic carbocycles. The molecule has 0 amide bonds. The fourth-order valence-electron chi connectivity index (χ4n) is 1.91. The minimum absolute atomic E-state index is 0.641. The van der Waals surface area contributed by atoms with Gasteiger partial charge in [-0.1, -0.05) is 12.1 Å². The molecule has 3 aromatic rings. The highest BCUT2D eigenvalue weighted by Gasteiger charge is 2.01.